The fourth-order valence-corrected chi connectivity index (χ4v) is 1.01. The fourth-order valence-electron chi connectivity index (χ4n) is 1.01. The number of carbonyl (C=O) groups excluding carboxylic acids is 2. The summed E-state index contributed by atoms with van der Waals surface area (Å²) in [5.41, 5.74) is -0.437. The Labute approximate surface area is 97.7 Å². The molecule has 0 heterocycles. The van der Waals surface area contributed by atoms with Gasteiger partial charge in [-0.3, -0.25) is 9.59 Å². The van der Waals surface area contributed by atoms with E-state index in [1.165, 1.54) is 0 Å². The summed E-state index contributed by atoms with van der Waals surface area (Å²) in [5, 5.41) is 2.75. The lowest BCUT2D eigenvalue weighted by Gasteiger charge is -2.20. The summed E-state index contributed by atoms with van der Waals surface area (Å²) >= 11 is 0. The van der Waals surface area contributed by atoms with Gasteiger partial charge in [0.25, 0.3) is 0 Å². The predicted octanol–water partition coefficient (Wildman–Crippen LogP) is 1.53. The third-order valence-electron chi connectivity index (χ3n) is 2.46. The molecule has 0 radical (unpaired) electrons. The minimum atomic E-state index is -0.437. The standard InChI is InChI=1S/C12H23NO3/c1-5-6-11(15)13-7-8-16-9-12(3,4)10(2)14/h5-9H2,1-4H3,(H,13,15). The third-order valence-corrected chi connectivity index (χ3v) is 2.46. The van der Waals surface area contributed by atoms with Crippen molar-refractivity contribution in [1.29, 1.82) is 0 Å². The monoisotopic (exact) mass is 229 g/mol. The van der Waals surface area contributed by atoms with Gasteiger partial charge >= 0.3 is 0 Å². The van der Waals surface area contributed by atoms with Crippen molar-refractivity contribution in [2.24, 2.45) is 5.41 Å². The minimum Gasteiger partial charge on any atom is -0.379 e. The van der Waals surface area contributed by atoms with Gasteiger partial charge in [-0.15, -0.1) is 0 Å². The number of Topliss-reactive ketones (excluding diaryl/α,β-unsaturated/α-hetero) is 1. The highest BCUT2D eigenvalue weighted by molar-refractivity contribution is 5.81. The van der Waals surface area contributed by atoms with Crippen LogP contribution in [0.25, 0.3) is 0 Å². The average Bonchev–Trinajstić information content (AvgIpc) is 2.17. The number of rotatable bonds is 8. The number of carbonyl (C=O) groups is 2. The van der Waals surface area contributed by atoms with E-state index in [4.69, 9.17) is 4.74 Å². The Morgan fingerprint density at radius 3 is 2.44 bits per heavy atom. The van der Waals surface area contributed by atoms with Crippen LogP contribution in [0.5, 0.6) is 0 Å². The molecule has 0 rings (SSSR count). The topological polar surface area (TPSA) is 55.4 Å². The second-order valence-electron chi connectivity index (χ2n) is 4.59. The largest absolute Gasteiger partial charge is 0.379 e. The maximum Gasteiger partial charge on any atom is 0.220 e. The van der Waals surface area contributed by atoms with Crippen LogP contribution in [-0.4, -0.2) is 31.4 Å². The molecule has 0 spiro atoms. The lowest BCUT2D eigenvalue weighted by atomic mass is 9.90. The Kier molecular flexibility index (Phi) is 6.97. The first-order chi connectivity index (χ1) is 7.40. The highest BCUT2D eigenvalue weighted by atomic mass is 16.5. The number of ketones is 1. The molecular weight excluding hydrogens is 206 g/mol. The van der Waals surface area contributed by atoms with Crippen LogP contribution in [0.15, 0.2) is 0 Å². The molecule has 0 fully saturated rings. The maximum atomic E-state index is 11.2. The van der Waals surface area contributed by atoms with Crippen LogP contribution in [0.4, 0.5) is 0 Å². The van der Waals surface area contributed by atoms with E-state index in [0.717, 1.165) is 6.42 Å². The maximum absolute atomic E-state index is 11.2. The molecule has 0 aromatic carbocycles. The molecule has 0 saturated carbocycles. The van der Waals surface area contributed by atoms with Crippen LogP contribution in [0.2, 0.25) is 0 Å². The lowest BCUT2D eigenvalue weighted by molar-refractivity contribution is -0.128. The first-order valence-corrected chi connectivity index (χ1v) is 5.75. The van der Waals surface area contributed by atoms with Crippen LogP contribution in [0, 0.1) is 5.41 Å². The van der Waals surface area contributed by atoms with Gasteiger partial charge in [0.1, 0.15) is 5.78 Å². The second-order valence-corrected chi connectivity index (χ2v) is 4.59. The van der Waals surface area contributed by atoms with Gasteiger partial charge in [-0.1, -0.05) is 20.8 Å². The van der Waals surface area contributed by atoms with Gasteiger partial charge in [-0.2, -0.15) is 0 Å². The van der Waals surface area contributed by atoms with E-state index in [-0.39, 0.29) is 11.7 Å². The Bertz CT molecular complexity index is 236. The van der Waals surface area contributed by atoms with E-state index in [2.05, 4.69) is 5.32 Å². The summed E-state index contributed by atoms with van der Waals surface area (Å²) in [6.45, 7) is 8.58. The van der Waals surface area contributed by atoms with Crippen molar-refractivity contribution in [2.75, 3.05) is 19.8 Å². The van der Waals surface area contributed by atoms with Crippen molar-refractivity contribution in [3.63, 3.8) is 0 Å². The van der Waals surface area contributed by atoms with Crippen molar-refractivity contribution in [1.82, 2.24) is 5.32 Å². The first-order valence-electron chi connectivity index (χ1n) is 5.75. The highest BCUT2D eigenvalue weighted by Crippen LogP contribution is 2.16. The van der Waals surface area contributed by atoms with Gasteiger partial charge in [-0.05, 0) is 13.3 Å². The summed E-state index contributed by atoms with van der Waals surface area (Å²) in [7, 11) is 0. The molecule has 1 amide bonds. The first kappa shape index (κ1) is 15.1. The van der Waals surface area contributed by atoms with Crippen molar-refractivity contribution in [3.8, 4) is 0 Å². The molecular formula is C12H23NO3. The van der Waals surface area contributed by atoms with Gasteiger partial charge in [0.2, 0.25) is 5.91 Å². The van der Waals surface area contributed by atoms with Gasteiger partial charge in [0, 0.05) is 18.4 Å². The summed E-state index contributed by atoms with van der Waals surface area (Å²) in [6.07, 6.45) is 1.41. The van der Waals surface area contributed by atoms with Crippen molar-refractivity contribution in [2.45, 2.75) is 40.5 Å². The lowest BCUT2D eigenvalue weighted by Crippen LogP contribution is -2.31. The van der Waals surface area contributed by atoms with E-state index in [1.807, 2.05) is 20.8 Å². The smallest absolute Gasteiger partial charge is 0.220 e. The van der Waals surface area contributed by atoms with Gasteiger partial charge in [-0.25, -0.2) is 0 Å². The van der Waals surface area contributed by atoms with E-state index in [9.17, 15) is 9.59 Å². The Hall–Kier alpha value is -0.900. The Balaban J connectivity index is 3.54. The summed E-state index contributed by atoms with van der Waals surface area (Å²) in [6, 6.07) is 0. The zero-order valence-corrected chi connectivity index (χ0v) is 10.8. The van der Waals surface area contributed by atoms with E-state index in [1.54, 1.807) is 6.92 Å². The van der Waals surface area contributed by atoms with Gasteiger partial charge in [0.15, 0.2) is 0 Å². The molecule has 4 nitrogen and oxygen atoms in total. The number of ether oxygens (including phenoxy) is 1. The SMILES string of the molecule is CCCC(=O)NCCOCC(C)(C)C(C)=O. The van der Waals surface area contributed by atoms with Crippen molar-refractivity contribution in [3.05, 3.63) is 0 Å². The molecule has 0 aliphatic carbocycles. The number of hydrogen-bond donors (Lipinski definition) is 1. The predicted molar refractivity (Wildman–Crippen MR) is 63.2 cm³/mol. The second kappa shape index (κ2) is 7.39. The molecule has 0 aromatic rings. The van der Waals surface area contributed by atoms with Crippen LogP contribution >= 0.6 is 0 Å². The zero-order valence-electron chi connectivity index (χ0n) is 10.8. The third kappa shape index (κ3) is 6.56. The van der Waals surface area contributed by atoms with Crippen LogP contribution < -0.4 is 5.32 Å². The van der Waals surface area contributed by atoms with E-state index >= 15 is 0 Å². The van der Waals surface area contributed by atoms with Crippen LogP contribution in [-0.2, 0) is 14.3 Å². The number of hydrogen-bond acceptors (Lipinski definition) is 3. The van der Waals surface area contributed by atoms with Crippen LogP contribution in [0.3, 0.4) is 0 Å². The van der Waals surface area contributed by atoms with Crippen molar-refractivity contribution >= 4 is 11.7 Å². The molecule has 0 saturated heterocycles. The Morgan fingerprint density at radius 1 is 1.31 bits per heavy atom. The molecule has 1 N–H and O–H groups in total. The average molecular weight is 229 g/mol. The highest BCUT2D eigenvalue weighted by Gasteiger charge is 2.23. The number of nitrogens with one attached hydrogen (secondary N) is 1. The molecule has 0 aliphatic rings. The molecule has 0 unspecified atom stereocenters. The number of amides is 1. The molecule has 4 heteroatoms. The van der Waals surface area contributed by atoms with Crippen LogP contribution in [0.1, 0.15) is 40.5 Å². The normalized spacial score (nSPS) is 11.2. The van der Waals surface area contributed by atoms with E-state index in [0.29, 0.717) is 26.2 Å². The molecule has 94 valence electrons. The molecule has 16 heavy (non-hydrogen) atoms. The Morgan fingerprint density at radius 2 is 1.94 bits per heavy atom. The summed E-state index contributed by atoms with van der Waals surface area (Å²) in [5.74, 6) is 0.166. The minimum absolute atomic E-state index is 0.0527. The zero-order chi connectivity index (χ0) is 12.6. The van der Waals surface area contributed by atoms with Gasteiger partial charge in [0.05, 0.1) is 13.2 Å². The van der Waals surface area contributed by atoms with Gasteiger partial charge < -0.3 is 10.1 Å². The quantitative estimate of drug-likeness (QED) is 0.642. The molecule has 0 bridgehead atoms. The fraction of sp³-hybridized carbons (Fsp3) is 0.833. The van der Waals surface area contributed by atoms with E-state index < -0.39 is 5.41 Å². The van der Waals surface area contributed by atoms with Crippen molar-refractivity contribution < 1.29 is 14.3 Å². The molecule has 0 aliphatic heterocycles. The summed E-state index contributed by atoms with van der Waals surface area (Å²) in [4.78, 5) is 22.3. The summed E-state index contributed by atoms with van der Waals surface area (Å²) < 4.78 is 5.35. The molecule has 0 atom stereocenters. The molecule has 0 aromatic heterocycles.